The van der Waals surface area contributed by atoms with Crippen molar-refractivity contribution in [3.05, 3.63) is 62.2 Å². The summed E-state index contributed by atoms with van der Waals surface area (Å²) in [6, 6.07) is 7.82. The Labute approximate surface area is 163 Å². The average Bonchev–Trinajstić information content (AvgIpc) is 2.68. The van der Waals surface area contributed by atoms with Crippen LogP contribution in [0, 0.1) is 20.2 Å². The first-order chi connectivity index (χ1) is 13.7. The molecule has 0 aromatic heterocycles. The maximum absolute atomic E-state index is 11.2. The third-order valence-corrected chi connectivity index (χ3v) is 3.65. The van der Waals surface area contributed by atoms with Crippen LogP contribution in [0.25, 0.3) is 0 Å². The number of non-ortho nitro benzene ring substituents is 1. The summed E-state index contributed by atoms with van der Waals surface area (Å²) in [7, 11) is 1.38. The second-order valence-corrected chi connectivity index (χ2v) is 5.56. The molecule has 0 radical (unpaired) electrons. The topological polar surface area (TPSA) is 166 Å². The number of hydrogen-bond acceptors (Lipinski definition) is 9. The van der Waals surface area contributed by atoms with Crippen molar-refractivity contribution in [2.24, 2.45) is 5.10 Å². The standard InChI is InChI=1S/C17H16N4O8/c1-10(17(22)23)29-16-11(4-3-5-15(16)28-2)9-18-19-13-7-6-12(20(24)25)8-14(13)21(26)27/h3-10,19H,1-2H3,(H,22,23)/b18-9-/t10-/m1/s1. The number of hydrazone groups is 1. The molecule has 12 heteroatoms. The van der Waals surface area contributed by atoms with Gasteiger partial charge in [0.15, 0.2) is 17.6 Å². The molecule has 0 heterocycles. The van der Waals surface area contributed by atoms with Gasteiger partial charge in [-0.3, -0.25) is 25.7 Å². The number of nitrogens with zero attached hydrogens (tertiary/aromatic N) is 3. The summed E-state index contributed by atoms with van der Waals surface area (Å²) in [4.78, 5) is 31.5. The predicted molar refractivity (Wildman–Crippen MR) is 102 cm³/mol. The van der Waals surface area contributed by atoms with E-state index in [1.165, 1.54) is 20.2 Å². The molecule has 0 bridgehead atoms. The molecule has 0 aliphatic heterocycles. The molecule has 2 rings (SSSR count). The van der Waals surface area contributed by atoms with Crippen LogP contribution in [0.3, 0.4) is 0 Å². The lowest BCUT2D eigenvalue weighted by Gasteiger charge is -2.15. The van der Waals surface area contributed by atoms with E-state index in [4.69, 9.17) is 14.6 Å². The summed E-state index contributed by atoms with van der Waals surface area (Å²) >= 11 is 0. The second kappa shape index (κ2) is 9.12. The van der Waals surface area contributed by atoms with Gasteiger partial charge in [-0.25, -0.2) is 4.79 Å². The third-order valence-electron chi connectivity index (χ3n) is 3.65. The van der Waals surface area contributed by atoms with Crippen LogP contribution in [0.1, 0.15) is 12.5 Å². The summed E-state index contributed by atoms with van der Waals surface area (Å²) in [6.45, 7) is 1.34. The number of nitro benzene ring substituents is 2. The Morgan fingerprint density at radius 1 is 1.24 bits per heavy atom. The molecule has 29 heavy (non-hydrogen) atoms. The van der Waals surface area contributed by atoms with Crippen molar-refractivity contribution in [2.45, 2.75) is 13.0 Å². The van der Waals surface area contributed by atoms with Gasteiger partial charge in [0.1, 0.15) is 5.69 Å². The molecule has 2 N–H and O–H groups in total. The summed E-state index contributed by atoms with van der Waals surface area (Å²) in [5.74, 6) is -0.796. The molecule has 0 aliphatic rings. The van der Waals surface area contributed by atoms with Gasteiger partial charge in [0.05, 0.1) is 29.2 Å². The number of carboxylic acids is 1. The van der Waals surface area contributed by atoms with Crippen molar-refractivity contribution in [3.8, 4) is 11.5 Å². The van der Waals surface area contributed by atoms with E-state index in [0.717, 1.165) is 18.2 Å². The molecule has 2 aromatic carbocycles. The second-order valence-electron chi connectivity index (χ2n) is 5.56. The largest absolute Gasteiger partial charge is 0.493 e. The first-order valence-corrected chi connectivity index (χ1v) is 8.03. The molecular formula is C17H16N4O8. The van der Waals surface area contributed by atoms with Crippen molar-refractivity contribution in [2.75, 3.05) is 12.5 Å². The SMILES string of the molecule is COc1cccc(/C=N\Nc2ccc([N+](=O)[O-])cc2[N+](=O)[O-])c1O[C@H](C)C(=O)O. The summed E-state index contributed by atoms with van der Waals surface area (Å²) < 4.78 is 10.6. The highest BCUT2D eigenvalue weighted by Gasteiger charge is 2.20. The Hall–Kier alpha value is -4.22. The Morgan fingerprint density at radius 3 is 2.55 bits per heavy atom. The highest BCUT2D eigenvalue weighted by Crippen LogP contribution is 2.32. The molecule has 0 saturated heterocycles. The lowest BCUT2D eigenvalue weighted by atomic mass is 10.2. The third kappa shape index (κ3) is 5.15. The van der Waals surface area contributed by atoms with E-state index >= 15 is 0 Å². The number of nitro groups is 2. The monoisotopic (exact) mass is 404 g/mol. The molecule has 0 unspecified atom stereocenters. The van der Waals surface area contributed by atoms with Gasteiger partial charge in [0.25, 0.3) is 5.69 Å². The van der Waals surface area contributed by atoms with Crippen LogP contribution in [0.15, 0.2) is 41.5 Å². The molecule has 12 nitrogen and oxygen atoms in total. The number of hydrogen-bond donors (Lipinski definition) is 2. The van der Waals surface area contributed by atoms with Gasteiger partial charge in [0.2, 0.25) is 0 Å². The Balaban J connectivity index is 2.32. The van der Waals surface area contributed by atoms with Gasteiger partial charge in [0, 0.05) is 11.6 Å². The number of aliphatic carboxylic acids is 1. The zero-order valence-corrected chi connectivity index (χ0v) is 15.3. The first-order valence-electron chi connectivity index (χ1n) is 8.03. The smallest absolute Gasteiger partial charge is 0.344 e. The Kier molecular flexibility index (Phi) is 6.63. The fraction of sp³-hybridized carbons (Fsp3) is 0.176. The minimum atomic E-state index is -1.18. The van der Waals surface area contributed by atoms with Crippen molar-refractivity contribution in [3.63, 3.8) is 0 Å². The average molecular weight is 404 g/mol. The van der Waals surface area contributed by atoms with Crippen molar-refractivity contribution in [1.29, 1.82) is 0 Å². The maximum atomic E-state index is 11.2. The molecule has 0 fully saturated rings. The number of para-hydroxylation sites is 1. The summed E-state index contributed by atoms with van der Waals surface area (Å²) in [5, 5.41) is 34.9. The predicted octanol–water partition coefficient (Wildman–Crippen LogP) is 2.81. The lowest BCUT2D eigenvalue weighted by molar-refractivity contribution is -0.393. The number of methoxy groups -OCH3 is 1. The number of nitrogens with one attached hydrogen (secondary N) is 1. The van der Waals surface area contributed by atoms with E-state index in [0.29, 0.717) is 5.56 Å². The van der Waals surface area contributed by atoms with E-state index < -0.39 is 33.3 Å². The molecule has 0 amide bonds. The van der Waals surface area contributed by atoms with E-state index in [9.17, 15) is 25.0 Å². The van der Waals surface area contributed by atoms with Gasteiger partial charge >= 0.3 is 11.7 Å². The van der Waals surface area contributed by atoms with Crippen LogP contribution < -0.4 is 14.9 Å². The van der Waals surface area contributed by atoms with Gasteiger partial charge in [-0.05, 0) is 25.1 Å². The lowest BCUT2D eigenvalue weighted by Crippen LogP contribution is -2.23. The van der Waals surface area contributed by atoms with Crippen LogP contribution in [-0.2, 0) is 4.79 Å². The number of carboxylic acid groups (broad SMARTS) is 1. The van der Waals surface area contributed by atoms with Crippen molar-refractivity contribution in [1.82, 2.24) is 0 Å². The number of benzene rings is 2. The van der Waals surface area contributed by atoms with Crippen LogP contribution in [0.4, 0.5) is 17.1 Å². The summed E-state index contributed by atoms with van der Waals surface area (Å²) in [6.07, 6.45) is 0.0829. The molecule has 0 spiro atoms. The molecule has 0 aliphatic carbocycles. The number of rotatable bonds is 9. The molecule has 2 aromatic rings. The van der Waals surface area contributed by atoms with Crippen LogP contribution in [0.2, 0.25) is 0 Å². The van der Waals surface area contributed by atoms with E-state index in [2.05, 4.69) is 10.5 Å². The highest BCUT2D eigenvalue weighted by atomic mass is 16.6. The quantitative estimate of drug-likeness (QED) is 0.363. The van der Waals surface area contributed by atoms with Crippen LogP contribution in [-0.4, -0.2) is 40.4 Å². The normalized spacial score (nSPS) is 11.7. The molecule has 152 valence electrons. The zero-order chi connectivity index (χ0) is 21.6. The van der Waals surface area contributed by atoms with E-state index in [-0.39, 0.29) is 17.2 Å². The first kappa shape index (κ1) is 21.1. The number of carbonyl (C=O) groups is 1. The minimum Gasteiger partial charge on any atom is -0.493 e. The summed E-state index contributed by atoms with van der Waals surface area (Å²) in [5.41, 5.74) is 1.75. The van der Waals surface area contributed by atoms with Crippen LogP contribution in [0.5, 0.6) is 11.5 Å². The van der Waals surface area contributed by atoms with Crippen molar-refractivity contribution < 1.29 is 29.2 Å². The van der Waals surface area contributed by atoms with Crippen molar-refractivity contribution >= 4 is 29.2 Å². The minimum absolute atomic E-state index is 0.0684. The molecule has 1 atom stereocenters. The Bertz CT molecular complexity index is 976. The number of ether oxygens (including phenoxy) is 2. The van der Waals surface area contributed by atoms with Gasteiger partial charge in [-0.1, -0.05) is 6.07 Å². The van der Waals surface area contributed by atoms with E-state index in [1.54, 1.807) is 18.2 Å². The maximum Gasteiger partial charge on any atom is 0.344 e. The fourth-order valence-electron chi connectivity index (χ4n) is 2.20. The Morgan fingerprint density at radius 2 is 1.97 bits per heavy atom. The molecular weight excluding hydrogens is 388 g/mol. The highest BCUT2D eigenvalue weighted by molar-refractivity contribution is 5.86. The van der Waals surface area contributed by atoms with Gasteiger partial charge in [-0.2, -0.15) is 5.10 Å². The zero-order valence-electron chi connectivity index (χ0n) is 15.3. The fourth-order valence-corrected chi connectivity index (χ4v) is 2.20. The van der Waals surface area contributed by atoms with Crippen LogP contribution >= 0.6 is 0 Å². The molecule has 0 saturated carbocycles. The van der Waals surface area contributed by atoms with Gasteiger partial charge < -0.3 is 14.6 Å². The van der Waals surface area contributed by atoms with E-state index in [1.807, 2.05) is 0 Å². The number of anilines is 1. The van der Waals surface area contributed by atoms with Gasteiger partial charge in [-0.15, -0.1) is 0 Å².